The zero-order chi connectivity index (χ0) is 20.3. The van der Waals surface area contributed by atoms with Gasteiger partial charge in [-0.2, -0.15) is 0 Å². The van der Waals surface area contributed by atoms with Crippen molar-refractivity contribution in [3.05, 3.63) is 70.7 Å². The second kappa shape index (κ2) is 8.57. The molecular formula is C23H25BrN2O2. The first-order valence-corrected chi connectivity index (χ1v) is 9.84. The Morgan fingerprint density at radius 2 is 1.54 bits per heavy atom. The molecule has 3 aromatic rings. The van der Waals surface area contributed by atoms with Gasteiger partial charge >= 0.3 is 0 Å². The highest BCUT2D eigenvalue weighted by molar-refractivity contribution is 9.10. The van der Waals surface area contributed by atoms with Gasteiger partial charge in [0, 0.05) is 43.9 Å². The van der Waals surface area contributed by atoms with Crippen LogP contribution in [-0.2, 0) is 6.61 Å². The Bertz CT molecular complexity index is 956. The molecule has 5 heteroatoms. The minimum Gasteiger partial charge on any atom is -0.504 e. The molecule has 0 amide bonds. The molecule has 0 aliphatic rings. The number of rotatable bonds is 6. The normalized spacial score (nSPS) is 10.6. The highest BCUT2D eigenvalue weighted by Crippen LogP contribution is 2.41. The van der Waals surface area contributed by atoms with Gasteiger partial charge in [-0.3, -0.25) is 0 Å². The molecule has 0 aromatic heterocycles. The van der Waals surface area contributed by atoms with E-state index in [1.54, 1.807) is 6.07 Å². The first-order valence-electron chi connectivity index (χ1n) is 9.05. The van der Waals surface area contributed by atoms with Crippen molar-refractivity contribution in [2.24, 2.45) is 0 Å². The van der Waals surface area contributed by atoms with Crippen molar-refractivity contribution in [1.82, 2.24) is 0 Å². The fourth-order valence-corrected chi connectivity index (χ4v) is 3.72. The van der Waals surface area contributed by atoms with E-state index in [1.165, 1.54) is 0 Å². The standard InChI is InChI=1S/C23H25BrN2O2/c1-25(2)20-14-19(24)21(26(3)4)13-18(20)17-10-11-23(22(27)12-17)28-15-16-8-6-5-7-9-16/h5-14,27H,15H2,1-4H3. The first kappa shape index (κ1) is 20.1. The summed E-state index contributed by atoms with van der Waals surface area (Å²) in [5, 5.41) is 10.5. The number of halogens is 1. The first-order chi connectivity index (χ1) is 13.4. The molecular weight excluding hydrogens is 416 g/mol. The summed E-state index contributed by atoms with van der Waals surface area (Å²) in [4.78, 5) is 4.13. The summed E-state index contributed by atoms with van der Waals surface area (Å²) in [6.07, 6.45) is 0. The van der Waals surface area contributed by atoms with Crippen molar-refractivity contribution in [3.63, 3.8) is 0 Å². The van der Waals surface area contributed by atoms with Gasteiger partial charge in [-0.1, -0.05) is 36.4 Å². The van der Waals surface area contributed by atoms with Gasteiger partial charge in [0.1, 0.15) is 6.61 Å². The van der Waals surface area contributed by atoms with Crippen LogP contribution in [0.15, 0.2) is 65.1 Å². The molecule has 0 atom stereocenters. The predicted molar refractivity (Wildman–Crippen MR) is 121 cm³/mol. The molecule has 0 fully saturated rings. The number of benzene rings is 3. The maximum Gasteiger partial charge on any atom is 0.161 e. The van der Waals surface area contributed by atoms with E-state index in [0.717, 1.165) is 32.5 Å². The third-order valence-corrected chi connectivity index (χ3v) is 5.17. The number of anilines is 2. The lowest BCUT2D eigenvalue weighted by atomic mass is 10.0. The minimum absolute atomic E-state index is 0.132. The molecule has 3 aromatic carbocycles. The van der Waals surface area contributed by atoms with Crippen LogP contribution in [0, 0.1) is 0 Å². The summed E-state index contributed by atoms with van der Waals surface area (Å²) in [6.45, 7) is 0.416. The molecule has 0 aliphatic heterocycles. The molecule has 3 rings (SSSR count). The Labute approximate surface area is 175 Å². The molecule has 146 valence electrons. The van der Waals surface area contributed by atoms with Gasteiger partial charge < -0.3 is 19.6 Å². The summed E-state index contributed by atoms with van der Waals surface area (Å²) in [5.41, 5.74) is 5.18. The third kappa shape index (κ3) is 4.42. The third-order valence-electron chi connectivity index (χ3n) is 4.54. The summed E-state index contributed by atoms with van der Waals surface area (Å²) in [5.74, 6) is 0.608. The van der Waals surface area contributed by atoms with Crippen LogP contribution in [0.3, 0.4) is 0 Å². The van der Waals surface area contributed by atoms with Crippen molar-refractivity contribution in [1.29, 1.82) is 0 Å². The lowest BCUT2D eigenvalue weighted by Gasteiger charge is -2.23. The number of aromatic hydroxyl groups is 1. The molecule has 0 saturated heterocycles. The van der Waals surface area contributed by atoms with Gasteiger partial charge in [-0.15, -0.1) is 0 Å². The second-order valence-corrected chi connectivity index (χ2v) is 7.92. The lowest BCUT2D eigenvalue weighted by molar-refractivity contribution is 0.289. The van der Waals surface area contributed by atoms with E-state index in [1.807, 2.05) is 70.7 Å². The van der Waals surface area contributed by atoms with E-state index < -0.39 is 0 Å². The number of phenols is 1. The Kier molecular flexibility index (Phi) is 6.15. The summed E-state index contributed by atoms with van der Waals surface area (Å²) in [7, 11) is 8.05. The molecule has 0 spiro atoms. The van der Waals surface area contributed by atoms with Crippen LogP contribution in [-0.4, -0.2) is 33.3 Å². The van der Waals surface area contributed by atoms with Crippen LogP contribution in [0.2, 0.25) is 0 Å². The monoisotopic (exact) mass is 440 g/mol. The topological polar surface area (TPSA) is 35.9 Å². The minimum atomic E-state index is 0.132. The van der Waals surface area contributed by atoms with Gasteiger partial charge in [0.2, 0.25) is 0 Å². The Morgan fingerprint density at radius 1 is 0.857 bits per heavy atom. The van der Waals surface area contributed by atoms with Crippen molar-refractivity contribution in [2.75, 3.05) is 38.0 Å². The second-order valence-electron chi connectivity index (χ2n) is 7.07. The molecule has 28 heavy (non-hydrogen) atoms. The maximum absolute atomic E-state index is 10.5. The molecule has 4 nitrogen and oxygen atoms in total. The van der Waals surface area contributed by atoms with Crippen molar-refractivity contribution < 1.29 is 9.84 Å². The number of phenolic OH excluding ortho intramolecular Hbond substituents is 1. The Balaban J connectivity index is 1.93. The van der Waals surface area contributed by atoms with Gasteiger partial charge in [0.15, 0.2) is 11.5 Å². The Hall–Kier alpha value is -2.66. The van der Waals surface area contributed by atoms with Gasteiger partial charge in [-0.05, 0) is 51.3 Å². The van der Waals surface area contributed by atoms with Gasteiger partial charge in [0.05, 0.1) is 5.69 Å². The van der Waals surface area contributed by atoms with Crippen LogP contribution in [0.5, 0.6) is 11.5 Å². The van der Waals surface area contributed by atoms with Gasteiger partial charge in [-0.25, -0.2) is 0 Å². The average molecular weight is 441 g/mol. The van der Waals surface area contributed by atoms with E-state index in [0.29, 0.717) is 12.4 Å². The summed E-state index contributed by atoms with van der Waals surface area (Å²) >= 11 is 3.65. The summed E-state index contributed by atoms with van der Waals surface area (Å²) < 4.78 is 6.82. The number of hydrogen-bond donors (Lipinski definition) is 1. The molecule has 0 radical (unpaired) electrons. The highest BCUT2D eigenvalue weighted by Gasteiger charge is 2.15. The zero-order valence-corrected chi connectivity index (χ0v) is 18.2. The van der Waals surface area contributed by atoms with Crippen molar-refractivity contribution in [2.45, 2.75) is 6.61 Å². The zero-order valence-electron chi connectivity index (χ0n) is 16.6. The lowest BCUT2D eigenvalue weighted by Crippen LogP contribution is -2.13. The molecule has 0 heterocycles. The predicted octanol–water partition coefficient (Wildman–Crippen LogP) is 5.53. The average Bonchev–Trinajstić information content (AvgIpc) is 2.67. The van der Waals surface area contributed by atoms with E-state index in [9.17, 15) is 5.11 Å². The Morgan fingerprint density at radius 3 is 2.14 bits per heavy atom. The van der Waals surface area contributed by atoms with E-state index in [-0.39, 0.29) is 5.75 Å². The largest absolute Gasteiger partial charge is 0.504 e. The van der Waals surface area contributed by atoms with Crippen molar-refractivity contribution >= 4 is 27.3 Å². The number of nitrogens with zero attached hydrogens (tertiary/aromatic N) is 2. The SMILES string of the molecule is CN(C)c1cc(-c2ccc(OCc3ccccc3)c(O)c2)c(N(C)C)cc1Br. The van der Waals surface area contributed by atoms with Crippen LogP contribution < -0.4 is 14.5 Å². The molecule has 0 bridgehead atoms. The van der Waals surface area contributed by atoms with Crippen LogP contribution in [0.1, 0.15) is 5.56 Å². The maximum atomic E-state index is 10.5. The van der Waals surface area contributed by atoms with E-state index >= 15 is 0 Å². The number of ether oxygens (including phenoxy) is 1. The molecule has 1 N–H and O–H groups in total. The smallest absolute Gasteiger partial charge is 0.161 e. The molecule has 0 aliphatic carbocycles. The molecule has 0 unspecified atom stereocenters. The fourth-order valence-electron chi connectivity index (χ4n) is 3.04. The van der Waals surface area contributed by atoms with E-state index in [2.05, 4.69) is 37.9 Å². The van der Waals surface area contributed by atoms with Crippen LogP contribution in [0.25, 0.3) is 11.1 Å². The molecule has 0 saturated carbocycles. The fraction of sp³-hybridized carbons (Fsp3) is 0.217. The van der Waals surface area contributed by atoms with Gasteiger partial charge in [0.25, 0.3) is 0 Å². The van der Waals surface area contributed by atoms with E-state index in [4.69, 9.17) is 4.74 Å². The quantitative estimate of drug-likeness (QED) is 0.546. The summed E-state index contributed by atoms with van der Waals surface area (Å²) in [6, 6.07) is 19.7. The van der Waals surface area contributed by atoms with Crippen LogP contribution >= 0.6 is 15.9 Å². The van der Waals surface area contributed by atoms with Crippen molar-refractivity contribution in [3.8, 4) is 22.6 Å². The van der Waals surface area contributed by atoms with Crippen LogP contribution in [0.4, 0.5) is 11.4 Å². The number of hydrogen-bond acceptors (Lipinski definition) is 4. The highest BCUT2D eigenvalue weighted by atomic mass is 79.9.